The van der Waals surface area contributed by atoms with Gasteiger partial charge in [-0.3, -0.25) is 4.98 Å². The highest BCUT2D eigenvalue weighted by Gasteiger charge is 2.36. The molecular weight excluding hydrogens is 566 g/mol. The van der Waals surface area contributed by atoms with Gasteiger partial charge < -0.3 is 20.5 Å². The number of nitrogens with two attached hydrogens (primary N) is 1. The van der Waals surface area contributed by atoms with Crippen molar-refractivity contribution in [3.05, 3.63) is 71.7 Å². The Hall–Kier alpha value is -3.52. The molecule has 4 aromatic rings. The van der Waals surface area contributed by atoms with E-state index >= 15 is 0 Å². The number of fused-ring (bicyclic) bond motifs is 1. The van der Waals surface area contributed by atoms with Crippen molar-refractivity contribution in [3.8, 4) is 11.3 Å². The third-order valence-corrected chi connectivity index (χ3v) is 8.46. The van der Waals surface area contributed by atoms with E-state index in [-0.39, 0.29) is 54.2 Å². The Bertz CT molecular complexity index is 1650. The lowest BCUT2D eigenvalue weighted by molar-refractivity contribution is -0.0152. The minimum absolute atomic E-state index is 0.0444. The second-order valence-electron chi connectivity index (χ2n) is 10.9. The zero-order valence-electron chi connectivity index (χ0n) is 23.6. The number of ether oxygens (including phenoxy) is 2. The SMILES string of the molecule is COCc1cc(F)c(-c2ccc3cnc(Nc4cnccc4[C@H]4C[C@@H](N)[C@@H](OCCS(C)(=O)=O)[C@@H](C)C4)n3n2)c(F)c1. The lowest BCUT2D eigenvalue weighted by Gasteiger charge is -2.39. The maximum absolute atomic E-state index is 14.9. The van der Waals surface area contributed by atoms with Gasteiger partial charge in [0.25, 0.3) is 0 Å². The number of methoxy groups -OCH3 is 1. The predicted molar refractivity (Wildman–Crippen MR) is 155 cm³/mol. The van der Waals surface area contributed by atoms with Crippen molar-refractivity contribution in [3.63, 3.8) is 0 Å². The van der Waals surface area contributed by atoms with Gasteiger partial charge in [0.15, 0.2) is 0 Å². The van der Waals surface area contributed by atoms with Crippen LogP contribution in [0.3, 0.4) is 0 Å². The molecule has 0 spiro atoms. The van der Waals surface area contributed by atoms with Gasteiger partial charge in [-0.25, -0.2) is 22.2 Å². The van der Waals surface area contributed by atoms with Crippen molar-refractivity contribution in [1.82, 2.24) is 19.6 Å². The summed E-state index contributed by atoms with van der Waals surface area (Å²) in [5, 5.41) is 7.80. The molecule has 1 aliphatic carbocycles. The topological polar surface area (TPSA) is 134 Å². The lowest BCUT2D eigenvalue weighted by Crippen LogP contribution is -2.47. The van der Waals surface area contributed by atoms with Crippen molar-refractivity contribution >= 4 is 27.0 Å². The van der Waals surface area contributed by atoms with Gasteiger partial charge in [-0.15, -0.1) is 0 Å². The Morgan fingerprint density at radius 2 is 1.90 bits per heavy atom. The summed E-state index contributed by atoms with van der Waals surface area (Å²) in [6.45, 7) is 2.26. The van der Waals surface area contributed by atoms with Gasteiger partial charge in [0.1, 0.15) is 21.5 Å². The average molecular weight is 601 g/mol. The fourth-order valence-electron chi connectivity index (χ4n) is 5.65. The second-order valence-corrected chi connectivity index (χ2v) is 13.1. The Kier molecular flexibility index (Phi) is 8.83. The van der Waals surface area contributed by atoms with Crippen LogP contribution in [0.25, 0.3) is 16.8 Å². The summed E-state index contributed by atoms with van der Waals surface area (Å²) in [6, 6.07) is 7.36. The Morgan fingerprint density at radius 1 is 1.14 bits per heavy atom. The highest BCUT2D eigenvalue weighted by Crippen LogP contribution is 2.40. The van der Waals surface area contributed by atoms with Crippen LogP contribution in [0.4, 0.5) is 20.4 Å². The molecule has 1 aliphatic rings. The number of hydrogen-bond acceptors (Lipinski definition) is 9. The van der Waals surface area contributed by atoms with Gasteiger partial charge in [-0.2, -0.15) is 9.61 Å². The molecule has 42 heavy (non-hydrogen) atoms. The first-order valence-electron chi connectivity index (χ1n) is 13.6. The van der Waals surface area contributed by atoms with Crippen LogP contribution < -0.4 is 11.1 Å². The van der Waals surface area contributed by atoms with Crippen molar-refractivity contribution in [2.75, 3.05) is 31.0 Å². The van der Waals surface area contributed by atoms with Gasteiger partial charge >= 0.3 is 0 Å². The standard InChI is InChI=1S/C29H34F2N6O4S/c1-17-10-19(13-24(32)28(17)41-8-9-42(3,38)39)21-6-7-33-15-26(21)35-29-34-14-20-4-5-25(36-37(20)29)27-22(30)11-18(16-40-2)12-23(27)31/h4-7,11-12,14-15,17,19,24,28H,8-10,13,16,32H2,1-3H3,(H,34,35)/t17-,19+,24+,28-/m0/s1. The van der Waals surface area contributed by atoms with E-state index in [1.807, 2.05) is 6.07 Å². The van der Waals surface area contributed by atoms with Gasteiger partial charge in [0.2, 0.25) is 5.95 Å². The predicted octanol–water partition coefficient (Wildman–Crippen LogP) is 4.23. The molecule has 0 unspecified atom stereocenters. The largest absolute Gasteiger partial charge is 0.380 e. The quantitative estimate of drug-likeness (QED) is 0.274. The maximum Gasteiger partial charge on any atom is 0.229 e. The number of benzene rings is 1. The Morgan fingerprint density at radius 3 is 2.60 bits per heavy atom. The van der Waals surface area contributed by atoms with Crippen LogP contribution in [0.15, 0.2) is 48.9 Å². The molecular formula is C29H34F2N6O4S. The molecule has 3 aromatic heterocycles. The Labute approximate surface area is 243 Å². The molecule has 3 heterocycles. The molecule has 5 rings (SSSR count). The summed E-state index contributed by atoms with van der Waals surface area (Å²) in [5.74, 6) is -0.987. The lowest BCUT2D eigenvalue weighted by atomic mass is 9.74. The molecule has 3 N–H and O–H groups in total. The van der Waals surface area contributed by atoms with Crippen LogP contribution in [0.1, 0.15) is 36.8 Å². The molecule has 224 valence electrons. The first kappa shape index (κ1) is 30.0. The van der Waals surface area contributed by atoms with Crippen molar-refractivity contribution in [2.24, 2.45) is 11.7 Å². The number of halogens is 2. The van der Waals surface area contributed by atoms with Crippen LogP contribution in [0, 0.1) is 17.6 Å². The number of imidazole rings is 1. The third kappa shape index (κ3) is 6.59. The molecule has 1 aromatic carbocycles. The zero-order valence-corrected chi connectivity index (χ0v) is 24.4. The van der Waals surface area contributed by atoms with E-state index in [0.717, 1.165) is 12.0 Å². The smallest absolute Gasteiger partial charge is 0.229 e. The molecule has 1 saturated carbocycles. The van der Waals surface area contributed by atoms with E-state index < -0.39 is 21.5 Å². The van der Waals surface area contributed by atoms with Crippen LogP contribution in [0.2, 0.25) is 0 Å². The number of nitrogens with one attached hydrogen (secondary N) is 1. The van der Waals surface area contributed by atoms with Crippen LogP contribution in [0.5, 0.6) is 0 Å². The summed E-state index contributed by atoms with van der Waals surface area (Å²) >= 11 is 0. The second kappa shape index (κ2) is 12.4. The minimum Gasteiger partial charge on any atom is -0.380 e. The third-order valence-electron chi connectivity index (χ3n) is 7.55. The van der Waals surface area contributed by atoms with Crippen molar-refractivity contribution in [1.29, 1.82) is 0 Å². The summed E-state index contributed by atoms with van der Waals surface area (Å²) < 4.78 is 65.3. The number of pyridine rings is 1. The summed E-state index contributed by atoms with van der Waals surface area (Å²) in [7, 11) is -1.66. The highest BCUT2D eigenvalue weighted by molar-refractivity contribution is 7.90. The average Bonchev–Trinajstić information content (AvgIpc) is 3.31. The van der Waals surface area contributed by atoms with E-state index in [2.05, 4.69) is 27.3 Å². The number of sulfone groups is 1. The first-order valence-corrected chi connectivity index (χ1v) is 15.7. The van der Waals surface area contributed by atoms with Crippen molar-refractivity contribution < 1.29 is 26.7 Å². The number of anilines is 2. The van der Waals surface area contributed by atoms with Crippen LogP contribution in [-0.4, -0.2) is 65.9 Å². The summed E-state index contributed by atoms with van der Waals surface area (Å²) in [5.41, 5.74) is 9.11. The van der Waals surface area contributed by atoms with E-state index in [4.69, 9.17) is 15.2 Å². The number of nitrogens with zero attached hydrogens (tertiary/aromatic N) is 4. The van der Waals surface area contributed by atoms with Gasteiger partial charge in [-0.1, -0.05) is 6.92 Å². The normalized spacial score (nSPS) is 21.1. The molecule has 0 aliphatic heterocycles. The van der Waals surface area contributed by atoms with Crippen LogP contribution >= 0.6 is 0 Å². The maximum atomic E-state index is 14.9. The number of aromatic nitrogens is 4. The van der Waals surface area contributed by atoms with Crippen LogP contribution in [-0.2, 0) is 25.9 Å². The summed E-state index contributed by atoms with van der Waals surface area (Å²) in [4.78, 5) is 8.74. The molecule has 13 heteroatoms. The first-order chi connectivity index (χ1) is 20.0. The highest BCUT2D eigenvalue weighted by atomic mass is 32.2. The number of rotatable bonds is 10. The molecule has 0 saturated heterocycles. The Balaban J connectivity index is 1.38. The van der Waals surface area contributed by atoms with Gasteiger partial charge in [0, 0.05) is 25.6 Å². The molecule has 10 nitrogen and oxygen atoms in total. The van der Waals surface area contributed by atoms with Gasteiger partial charge in [-0.05, 0) is 66.1 Å². The fourth-order valence-corrected chi connectivity index (χ4v) is 6.05. The fraction of sp³-hybridized carbons (Fsp3) is 0.414. The minimum atomic E-state index is -3.12. The van der Waals surface area contributed by atoms with E-state index in [1.165, 1.54) is 30.0 Å². The van der Waals surface area contributed by atoms with Crippen molar-refractivity contribution in [2.45, 2.75) is 44.4 Å². The summed E-state index contributed by atoms with van der Waals surface area (Å²) in [6.07, 6.45) is 7.37. The molecule has 0 bridgehead atoms. The van der Waals surface area contributed by atoms with E-state index in [0.29, 0.717) is 29.1 Å². The molecule has 4 atom stereocenters. The van der Waals surface area contributed by atoms with E-state index in [1.54, 1.807) is 30.7 Å². The number of hydrogen-bond donors (Lipinski definition) is 2. The zero-order chi connectivity index (χ0) is 30.0. The molecule has 0 radical (unpaired) electrons. The molecule has 1 fully saturated rings. The van der Waals surface area contributed by atoms with Gasteiger partial charge in [0.05, 0.1) is 59.9 Å². The van der Waals surface area contributed by atoms with E-state index in [9.17, 15) is 17.2 Å². The molecule has 0 amide bonds. The monoisotopic (exact) mass is 600 g/mol.